The van der Waals surface area contributed by atoms with Crippen LogP contribution in [0.2, 0.25) is 0 Å². The number of nitrogens with zero attached hydrogens (tertiary/aromatic N) is 1. The van der Waals surface area contributed by atoms with Crippen molar-refractivity contribution in [1.29, 1.82) is 0 Å². The predicted octanol–water partition coefficient (Wildman–Crippen LogP) is 6.62. The molecular formula is C21H33N. The van der Waals surface area contributed by atoms with Crippen LogP contribution < -0.4 is 0 Å². The average Bonchev–Trinajstić information content (AvgIpc) is 2.52. The minimum Gasteiger partial charge on any atom is -0.285 e. The number of hydrogen-bond donors (Lipinski definition) is 0. The second kappa shape index (κ2) is 8.31. The second-order valence-electron chi connectivity index (χ2n) is 7.08. The van der Waals surface area contributed by atoms with Crippen molar-refractivity contribution < 1.29 is 0 Å². The maximum Gasteiger partial charge on any atom is 0.0720 e. The van der Waals surface area contributed by atoms with Crippen LogP contribution in [-0.2, 0) is 0 Å². The van der Waals surface area contributed by atoms with Crippen LogP contribution in [0.5, 0.6) is 0 Å². The molecule has 0 amide bonds. The zero-order chi connectivity index (χ0) is 16.8. The van der Waals surface area contributed by atoms with Gasteiger partial charge in [-0.1, -0.05) is 76.4 Å². The van der Waals surface area contributed by atoms with E-state index >= 15 is 0 Å². The maximum absolute atomic E-state index is 4.75. The minimum atomic E-state index is 0.208. The third-order valence-electron chi connectivity index (χ3n) is 5.29. The Kier molecular flexibility index (Phi) is 7.06. The number of hydrogen-bond acceptors (Lipinski definition) is 1. The highest BCUT2D eigenvalue weighted by molar-refractivity contribution is 5.79. The van der Waals surface area contributed by atoms with Crippen LogP contribution >= 0.6 is 0 Å². The molecule has 0 aliphatic heterocycles. The van der Waals surface area contributed by atoms with E-state index in [1.54, 1.807) is 0 Å². The van der Waals surface area contributed by atoms with E-state index in [1.807, 2.05) is 6.07 Å². The summed E-state index contributed by atoms with van der Waals surface area (Å²) in [5.41, 5.74) is 4.25. The quantitative estimate of drug-likeness (QED) is 0.502. The topological polar surface area (TPSA) is 12.4 Å². The fraction of sp³-hybridized carbons (Fsp3) is 0.571. The molecule has 0 N–H and O–H groups in total. The molecule has 0 heterocycles. The molecule has 0 spiro atoms. The molecule has 0 radical (unpaired) electrons. The van der Waals surface area contributed by atoms with Crippen molar-refractivity contribution in [3.63, 3.8) is 0 Å². The normalized spacial score (nSPS) is 16.5. The summed E-state index contributed by atoms with van der Waals surface area (Å²) in [6, 6.07) is 10.7. The summed E-state index contributed by atoms with van der Waals surface area (Å²) in [6.07, 6.45) is 4.58. The number of rotatable bonds is 7. The van der Waals surface area contributed by atoms with Crippen molar-refractivity contribution in [2.24, 2.45) is 16.3 Å². The van der Waals surface area contributed by atoms with Crippen LogP contribution in [-0.4, -0.2) is 6.21 Å². The van der Waals surface area contributed by atoms with Gasteiger partial charge in [-0.25, -0.2) is 0 Å². The van der Waals surface area contributed by atoms with E-state index in [-0.39, 0.29) is 11.5 Å². The molecule has 0 aliphatic rings. The van der Waals surface area contributed by atoms with Crippen LogP contribution in [0.15, 0.2) is 46.5 Å². The molecule has 0 saturated heterocycles. The molecule has 1 nitrogen and oxygen atoms in total. The van der Waals surface area contributed by atoms with Gasteiger partial charge in [0.1, 0.15) is 0 Å². The Bertz CT molecular complexity index is 508. The summed E-state index contributed by atoms with van der Waals surface area (Å²) < 4.78 is 0. The van der Waals surface area contributed by atoms with Crippen molar-refractivity contribution in [1.82, 2.24) is 0 Å². The third kappa shape index (κ3) is 4.83. The Morgan fingerprint density at radius 2 is 1.73 bits per heavy atom. The smallest absolute Gasteiger partial charge is 0.0720 e. The first-order chi connectivity index (χ1) is 10.3. The van der Waals surface area contributed by atoms with E-state index in [9.17, 15) is 0 Å². The van der Waals surface area contributed by atoms with Gasteiger partial charge < -0.3 is 0 Å². The van der Waals surface area contributed by atoms with Gasteiger partial charge in [0.25, 0.3) is 0 Å². The van der Waals surface area contributed by atoms with Gasteiger partial charge in [0, 0.05) is 6.21 Å². The fourth-order valence-corrected chi connectivity index (χ4v) is 2.81. The molecule has 0 saturated carbocycles. The molecule has 2 atom stereocenters. The number of benzene rings is 1. The summed E-state index contributed by atoms with van der Waals surface area (Å²) in [6.45, 7) is 16.0. The standard InChI is InChI=1S/C21H33N/c1-8-12-17(3)21(6,7)18(4)16(2)15-22-19(5)20-13-10-9-11-14-20/h9-11,13-15,17,19H,8,12H2,1-7H3/b18-16+,22-15?/t17-,19+/m0/s1. The number of allylic oxidation sites excluding steroid dienone is 2. The lowest BCUT2D eigenvalue weighted by atomic mass is 9.71. The highest BCUT2D eigenvalue weighted by Crippen LogP contribution is 2.38. The zero-order valence-electron chi connectivity index (χ0n) is 15.5. The molecule has 0 fully saturated rings. The maximum atomic E-state index is 4.75. The van der Waals surface area contributed by atoms with Gasteiger partial charge in [-0.3, -0.25) is 4.99 Å². The number of aliphatic imine (C=N–C) groups is 1. The summed E-state index contributed by atoms with van der Waals surface area (Å²) >= 11 is 0. The van der Waals surface area contributed by atoms with Crippen LogP contribution in [0.1, 0.15) is 72.9 Å². The van der Waals surface area contributed by atoms with Gasteiger partial charge in [0.05, 0.1) is 6.04 Å². The largest absolute Gasteiger partial charge is 0.285 e. The van der Waals surface area contributed by atoms with Crippen molar-refractivity contribution in [3.05, 3.63) is 47.0 Å². The summed E-state index contributed by atoms with van der Waals surface area (Å²) in [5, 5.41) is 0. The van der Waals surface area contributed by atoms with E-state index < -0.39 is 0 Å². The fourth-order valence-electron chi connectivity index (χ4n) is 2.81. The minimum absolute atomic E-state index is 0.208. The first-order valence-electron chi connectivity index (χ1n) is 8.56. The second-order valence-corrected chi connectivity index (χ2v) is 7.08. The molecule has 122 valence electrons. The Morgan fingerprint density at radius 3 is 2.27 bits per heavy atom. The first kappa shape index (κ1) is 18.7. The Balaban J connectivity index is 2.88. The van der Waals surface area contributed by atoms with Crippen LogP contribution in [0.25, 0.3) is 0 Å². The van der Waals surface area contributed by atoms with Crippen LogP contribution in [0.4, 0.5) is 0 Å². The molecule has 0 aromatic heterocycles. The van der Waals surface area contributed by atoms with E-state index in [4.69, 9.17) is 4.99 Å². The monoisotopic (exact) mass is 299 g/mol. The van der Waals surface area contributed by atoms with Gasteiger partial charge in [-0.15, -0.1) is 0 Å². The van der Waals surface area contributed by atoms with Crippen molar-refractivity contribution in [3.8, 4) is 0 Å². The highest BCUT2D eigenvalue weighted by atomic mass is 14.8. The lowest BCUT2D eigenvalue weighted by molar-refractivity contribution is 0.267. The first-order valence-corrected chi connectivity index (χ1v) is 8.56. The lowest BCUT2D eigenvalue weighted by Gasteiger charge is -2.34. The van der Waals surface area contributed by atoms with E-state index in [2.05, 4.69) is 78.9 Å². The van der Waals surface area contributed by atoms with E-state index in [0.717, 1.165) is 0 Å². The zero-order valence-corrected chi connectivity index (χ0v) is 15.5. The SMILES string of the molecule is CCC[C@H](C)C(C)(C)/C(C)=C(\C)C=N[C@H](C)c1ccccc1. The predicted molar refractivity (Wildman–Crippen MR) is 99.6 cm³/mol. The van der Waals surface area contributed by atoms with Crippen molar-refractivity contribution in [2.75, 3.05) is 0 Å². The van der Waals surface area contributed by atoms with Gasteiger partial charge in [0.15, 0.2) is 0 Å². The van der Waals surface area contributed by atoms with Crippen molar-refractivity contribution >= 4 is 6.21 Å². The van der Waals surface area contributed by atoms with Gasteiger partial charge >= 0.3 is 0 Å². The molecule has 1 heteroatoms. The van der Waals surface area contributed by atoms with Gasteiger partial charge in [0.2, 0.25) is 0 Å². The average molecular weight is 300 g/mol. The molecular weight excluding hydrogens is 266 g/mol. The van der Waals surface area contributed by atoms with E-state index in [0.29, 0.717) is 5.92 Å². The Morgan fingerprint density at radius 1 is 1.14 bits per heavy atom. The van der Waals surface area contributed by atoms with Crippen molar-refractivity contribution in [2.45, 2.75) is 67.3 Å². The summed E-state index contributed by atoms with van der Waals surface area (Å²) in [5.74, 6) is 0.687. The Hall–Kier alpha value is -1.37. The molecule has 22 heavy (non-hydrogen) atoms. The molecule has 0 aliphatic carbocycles. The highest BCUT2D eigenvalue weighted by Gasteiger charge is 2.27. The lowest BCUT2D eigenvalue weighted by Crippen LogP contribution is -2.24. The summed E-state index contributed by atoms with van der Waals surface area (Å²) in [7, 11) is 0. The molecule has 1 aromatic carbocycles. The molecule has 1 rings (SSSR count). The van der Waals surface area contributed by atoms with Crippen LogP contribution in [0, 0.1) is 11.3 Å². The third-order valence-corrected chi connectivity index (χ3v) is 5.29. The Labute approximate surface area is 137 Å². The molecule has 1 aromatic rings. The molecule has 0 unspecified atom stereocenters. The van der Waals surface area contributed by atoms with Gasteiger partial charge in [-0.2, -0.15) is 0 Å². The molecule has 0 bridgehead atoms. The van der Waals surface area contributed by atoms with E-state index in [1.165, 1.54) is 29.6 Å². The van der Waals surface area contributed by atoms with Crippen LogP contribution in [0.3, 0.4) is 0 Å². The van der Waals surface area contributed by atoms with Gasteiger partial charge in [-0.05, 0) is 43.2 Å². The summed E-state index contributed by atoms with van der Waals surface area (Å²) in [4.78, 5) is 4.75.